The largest absolute Gasteiger partial charge is 0.383 e. The highest BCUT2D eigenvalue weighted by Gasteiger charge is 2.09. The van der Waals surface area contributed by atoms with Crippen LogP contribution < -0.4 is 5.32 Å². The van der Waals surface area contributed by atoms with Crippen LogP contribution in [0.3, 0.4) is 0 Å². The molecule has 0 bridgehead atoms. The number of carbonyl (C=O) groups is 1. The molecule has 1 amide bonds. The highest BCUT2D eigenvalue weighted by Crippen LogP contribution is 2.23. The molecule has 0 aliphatic heterocycles. The molecular weight excluding hydrogens is 341 g/mol. The second-order valence-corrected chi connectivity index (χ2v) is 5.60. The minimum atomic E-state index is -0.161. The van der Waals surface area contributed by atoms with Crippen LogP contribution in [0.1, 0.15) is 16.8 Å². The van der Waals surface area contributed by atoms with E-state index in [1.165, 1.54) is 0 Å². The zero-order chi connectivity index (χ0) is 13.5. The molecule has 0 aliphatic rings. The van der Waals surface area contributed by atoms with Crippen molar-refractivity contribution in [3.05, 3.63) is 33.3 Å². The van der Waals surface area contributed by atoms with Gasteiger partial charge in [0, 0.05) is 23.7 Å². The fraction of sp³-hybridized carbons (Fsp3) is 0.417. The Labute approximate surface area is 125 Å². The number of amides is 1. The Balaban J connectivity index is 2.43. The molecule has 1 N–H and O–H groups in total. The second kappa shape index (κ2) is 8.00. The predicted octanol–water partition coefficient (Wildman–Crippen LogP) is 3.48. The maximum absolute atomic E-state index is 11.8. The lowest BCUT2D eigenvalue weighted by Gasteiger charge is -2.09. The van der Waals surface area contributed by atoms with Gasteiger partial charge in [0.1, 0.15) is 0 Å². The number of benzene rings is 1. The molecule has 0 heterocycles. The van der Waals surface area contributed by atoms with Crippen LogP contribution in [0, 0.1) is 0 Å². The van der Waals surface area contributed by atoms with E-state index < -0.39 is 0 Å². The topological polar surface area (TPSA) is 38.3 Å². The molecule has 0 radical (unpaired) electrons. The lowest BCUT2D eigenvalue weighted by molar-refractivity contribution is 0.0951. The summed E-state index contributed by atoms with van der Waals surface area (Å²) >= 11 is 15.1. The molecule has 0 saturated carbocycles. The van der Waals surface area contributed by atoms with Crippen molar-refractivity contribution in [2.24, 2.45) is 0 Å². The van der Waals surface area contributed by atoms with Gasteiger partial charge < -0.3 is 10.1 Å². The van der Waals surface area contributed by atoms with Crippen LogP contribution in [-0.4, -0.2) is 31.5 Å². The molecule has 3 nitrogen and oxygen atoms in total. The zero-order valence-electron chi connectivity index (χ0n) is 9.88. The summed E-state index contributed by atoms with van der Waals surface area (Å²) in [6, 6.07) is 5.07. The first-order chi connectivity index (χ1) is 8.54. The van der Waals surface area contributed by atoms with Gasteiger partial charge in [-0.15, -0.1) is 11.6 Å². The summed E-state index contributed by atoms with van der Waals surface area (Å²) < 4.78 is 5.67. The van der Waals surface area contributed by atoms with Gasteiger partial charge in [0.25, 0.3) is 5.91 Å². The minimum absolute atomic E-state index is 0.0937. The number of rotatable bonds is 6. The highest BCUT2D eigenvalue weighted by molar-refractivity contribution is 9.10. The van der Waals surface area contributed by atoms with Crippen molar-refractivity contribution in [1.29, 1.82) is 0 Å². The Hall–Kier alpha value is -0.290. The SMILES string of the molecule is COCC(Cl)CCNC(=O)c1ccc(Br)c(Cl)c1. The molecule has 6 heteroatoms. The number of hydrogen-bond acceptors (Lipinski definition) is 2. The Morgan fingerprint density at radius 2 is 2.28 bits per heavy atom. The summed E-state index contributed by atoms with van der Waals surface area (Å²) in [4.78, 5) is 11.8. The number of carbonyl (C=O) groups excluding carboxylic acids is 1. The third kappa shape index (κ3) is 5.14. The van der Waals surface area contributed by atoms with Gasteiger partial charge in [0.05, 0.1) is 17.0 Å². The molecule has 0 spiro atoms. The average Bonchev–Trinajstić information content (AvgIpc) is 2.33. The first-order valence-corrected chi connectivity index (χ1v) is 7.01. The Morgan fingerprint density at radius 1 is 1.56 bits per heavy atom. The van der Waals surface area contributed by atoms with E-state index in [1.807, 2.05) is 0 Å². The third-order valence-corrected chi connectivity index (χ3v) is 3.85. The molecule has 0 saturated heterocycles. The van der Waals surface area contributed by atoms with Gasteiger partial charge in [-0.2, -0.15) is 0 Å². The summed E-state index contributed by atoms with van der Waals surface area (Å²) in [5.74, 6) is -0.161. The summed E-state index contributed by atoms with van der Waals surface area (Å²) in [5, 5.41) is 3.20. The lowest BCUT2D eigenvalue weighted by Crippen LogP contribution is -2.27. The van der Waals surface area contributed by atoms with Crippen molar-refractivity contribution in [2.45, 2.75) is 11.8 Å². The summed E-state index contributed by atoms with van der Waals surface area (Å²) in [6.07, 6.45) is 0.658. The summed E-state index contributed by atoms with van der Waals surface area (Å²) in [7, 11) is 1.60. The number of halogens is 3. The first-order valence-electron chi connectivity index (χ1n) is 5.41. The van der Waals surface area contributed by atoms with E-state index in [0.29, 0.717) is 30.2 Å². The predicted molar refractivity (Wildman–Crippen MR) is 77.6 cm³/mol. The van der Waals surface area contributed by atoms with Crippen LogP contribution in [0.5, 0.6) is 0 Å². The fourth-order valence-electron chi connectivity index (χ4n) is 1.35. The number of nitrogens with one attached hydrogen (secondary N) is 1. The molecule has 100 valence electrons. The maximum atomic E-state index is 11.8. The molecule has 18 heavy (non-hydrogen) atoms. The number of alkyl halides is 1. The van der Waals surface area contributed by atoms with E-state index in [1.54, 1.807) is 25.3 Å². The van der Waals surface area contributed by atoms with Gasteiger partial charge in [0.2, 0.25) is 0 Å². The normalized spacial score (nSPS) is 12.2. The molecule has 0 aromatic heterocycles. The van der Waals surface area contributed by atoms with E-state index >= 15 is 0 Å². The van der Waals surface area contributed by atoms with E-state index in [0.717, 1.165) is 4.47 Å². The smallest absolute Gasteiger partial charge is 0.251 e. The van der Waals surface area contributed by atoms with Crippen molar-refractivity contribution in [3.63, 3.8) is 0 Å². The Bertz CT molecular complexity index is 415. The molecule has 0 fully saturated rings. The standard InChI is InChI=1S/C12H14BrCl2NO2/c1-18-7-9(14)4-5-16-12(17)8-2-3-10(13)11(15)6-8/h2-3,6,9H,4-5,7H2,1H3,(H,16,17). The van der Waals surface area contributed by atoms with Crippen LogP contribution in [-0.2, 0) is 4.74 Å². The monoisotopic (exact) mass is 353 g/mol. The first kappa shape index (κ1) is 15.8. The van der Waals surface area contributed by atoms with Gasteiger partial charge in [-0.1, -0.05) is 11.6 Å². The van der Waals surface area contributed by atoms with Crippen LogP contribution in [0.15, 0.2) is 22.7 Å². The van der Waals surface area contributed by atoms with Gasteiger partial charge >= 0.3 is 0 Å². The number of methoxy groups -OCH3 is 1. The fourth-order valence-corrected chi connectivity index (χ4v) is 2.01. The van der Waals surface area contributed by atoms with E-state index in [9.17, 15) is 4.79 Å². The van der Waals surface area contributed by atoms with Gasteiger partial charge in [-0.05, 0) is 40.5 Å². The molecule has 1 atom stereocenters. The average molecular weight is 355 g/mol. The van der Waals surface area contributed by atoms with Crippen molar-refractivity contribution in [2.75, 3.05) is 20.3 Å². The molecule has 1 aromatic rings. The molecule has 1 unspecified atom stereocenters. The summed E-state index contributed by atoms with van der Waals surface area (Å²) in [5.41, 5.74) is 0.529. The molecule has 0 aliphatic carbocycles. The van der Waals surface area contributed by atoms with Crippen molar-refractivity contribution in [1.82, 2.24) is 5.32 Å². The Morgan fingerprint density at radius 3 is 2.89 bits per heavy atom. The van der Waals surface area contributed by atoms with E-state index in [2.05, 4.69) is 21.2 Å². The zero-order valence-corrected chi connectivity index (χ0v) is 13.0. The second-order valence-electron chi connectivity index (χ2n) is 3.73. The van der Waals surface area contributed by atoms with Crippen LogP contribution in [0.4, 0.5) is 0 Å². The maximum Gasteiger partial charge on any atom is 0.251 e. The quantitative estimate of drug-likeness (QED) is 0.794. The number of hydrogen-bond donors (Lipinski definition) is 1. The molecule has 1 aromatic carbocycles. The summed E-state index contributed by atoms with van der Waals surface area (Å²) in [6.45, 7) is 0.978. The van der Waals surface area contributed by atoms with Crippen LogP contribution in [0.25, 0.3) is 0 Å². The van der Waals surface area contributed by atoms with Crippen molar-refractivity contribution >= 4 is 45.0 Å². The van der Waals surface area contributed by atoms with Crippen molar-refractivity contribution < 1.29 is 9.53 Å². The van der Waals surface area contributed by atoms with Gasteiger partial charge in [-0.25, -0.2) is 0 Å². The van der Waals surface area contributed by atoms with Crippen LogP contribution in [0.2, 0.25) is 5.02 Å². The molecular formula is C12H14BrCl2NO2. The number of ether oxygens (including phenoxy) is 1. The van der Waals surface area contributed by atoms with E-state index in [4.69, 9.17) is 27.9 Å². The lowest BCUT2D eigenvalue weighted by atomic mass is 10.2. The van der Waals surface area contributed by atoms with Crippen LogP contribution >= 0.6 is 39.1 Å². The van der Waals surface area contributed by atoms with Crippen molar-refractivity contribution in [3.8, 4) is 0 Å². The third-order valence-electron chi connectivity index (χ3n) is 2.27. The molecule has 1 rings (SSSR count). The minimum Gasteiger partial charge on any atom is -0.383 e. The highest BCUT2D eigenvalue weighted by atomic mass is 79.9. The van der Waals surface area contributed by atoms with E-state index in [-0.39, 0.29) is 11.3 Å². The van der Waals surface area contributed by atoms with Gasteiger partial charge in [-0.3, -0.25) is 4.79 Å². The van der Waals surface area contributed by atoms with Gasteiger partial charge in [0.15, 0.2) is 0 Å². The Kier molecular flexibility index (Phi) is 7.00.